The normalized spacial score (nSPS) is 12.5. The zero-order valence-corrected chi connectivity index (χ0v) is 23.7. The number of aliphatic hydroxyl groups is 1. The van der Waals surface area contributed by atoms with E-state index in [2.05, 4.69) is 56.5 Å². The van der Waals surface area contributed by atoms with Crippen molar-refractivity contribution in [3.63, 3.8) is 0 Å². The molecule has 0 fully saturated rings. The Labute approximate surface area is 233 Å². The summed E-state index contributed by atoms with van der Waals surface area (Å²) in [6.45, 7) is 10.6. The van der Waals surface area contributed by atoms with E-state index >= 15 is 0 Å². The molecule has 39 heavy (non-hydrogen) atoms. The number of nitrogens with zero attached hydrogens (tertiary/aromatic N) is 1. The SMILES string of the molecule is CCCN(CCC)C(=O)c1cccc(C(=O)N[C@@H](Cc2ccccc2)[C@H](O)CNCc2ccc(C)c(C)c2)c1. The molecule has 208 valence electrons. The van der Waals surface area contributed by atoms with Gasteiger partial charge in [-0.2, -0.15) is 0 Å². The Morgan fingerprint density at radius 2 is 1.51 bits per heavy atom. The lowest BCUT2D eigenvalue weighted by Crippen LogP contribution is -2.48. The van der Waals surface area contributed by atoms with Gasteiger partial charge in [0.1, 0.15) is 0 Å². The minimum Gasteiger partial charge on any atom is -0.390 e. The van der Waals surface area contributed by atoms with Gasteiger partial charge in [0.2, 0.25) is 0 Å². The average Bonchev–Trinajstić information content (AvgIpc) is 2.94. The summed E-state index contributed by atoms with van der Waals surface area (Å²) in [6.07, 6.45) is 1.43. The Morgan fingerprint density at radius 3 is 2.18 bits per heavy atom. The van der Waals surface area contributed by atoms with Crippen LogP contribution in [0.1, 0.15) is 69.7 Å². The van der Waals surface area contributed by atoms with Gasteiger partial charge in [-0.05, 0) is 73.6 Å². The number of nitrogens with one attached hydrogen (secondary N) is 2. The van der Waals surface area contributed by atoms with Crippen LogP contribution in [0.15, 0.2) is 72.8 Å². The van der Waals surface area contributed by atoms with Gasteiger partial charge in [-0.1, -0.05) is 68.4 Å². The maximum Gasteiger partial charge on any atom is 0.253 e. The second-order valence-corrected chi connectivity index (χ2v) is 10.3. The maximum absolute atomic E-state index is 13.3. The minimum absolute atomic E-state index is 0.0650. The van der Waals surface area contributed by atoms with Crippen LogP contribution in [0.2, 0.25) is 0 Å². The van der Waals surface area contributed by atoms with Crippen molar-refractivity contribution in [3.8, 4) is 0 Å². The number of carbonyl (C=O) groups excluding carboxylic acids is 2. The van der Waals surface area contributed by atoms with E-state index in [9.17, 15) is 14.7 Å². The summed E-state index contributed by atoms with van der Waals surface area (Å²) in [5.41, 5.74) is 5.56. The molecule has 0 heterocycles. The molecule has 0 saturated carbocycles. The zero-order chi connectivity index (χ0) is 28.2. The number of rotatable bonds is 14. The van der Waals surface area contributed by atoms with Crippen molar-refractivity contribution in [3.05, 3.63) is 106 Å². The van der Waals surface area contributed by atoms with E-state index in [4.69, 9.17) is 0 Å². The summed E-state index contributed by atoms with van der Waals surface area (Å²) in [5.74, 6) is -0.374. The van der Waals surface area contributed by atoms with Gasteiger partial charge in [-0.15, -0.1) is 0 Å². The highest BCUT2D eigenvalue weighted by molar-refractivity contribution is 5.99. The van der Waals surface area contributed by atoms with Gasteiger partial charge in [0.15, 0.2) is 0 Å². The van der Waals surface area contributed by atoms with Gasteiger partial charge in [-0.3, -0.25) is 9.59 Å². The summed E-state index contributed by atoms with van der Waals surface area (Å²) >= 11 is 0. The molecule has 2 atom stereocenters. The van der Waals surface area contributed by atoms with Gasteiger partial charge < -0.3 is 20.6 Å². The molecule has 3 aromatic rings. The predicted octanol–water partition coefficient (Wildman–Crippen LogP) is 5.06. The Kier molecular flexibility index (Phi) is 11.7. The summed E-state index contributed by atoms with van der Waals surface area (Å²) in [4.78, 5) is 28.3. The van der Waals surface area contributed by atoms with Crippen molar-refractivity contribution < 1.29 is 14.7 Å². The molecular formula is C33H43N3O3. The molecule has 0 aliphatic carbocycles. The van der Waals surface area contributed by atoms with E-state index < -0.39 is 12.1 Å². The molecule has 0 aliphatic rings. The third-order valence-corrected chi connectivity index (χ3v) is 6.98. The molecule has 3 rings (SSSR count). The summed E-state index contributed by atoms with van der Waals surface area (Å²) in [7, 11) is 0. The van der Waals surface area contributed by atoms with E-state index in [1.54, 1.807) is 24.3 Å². The second-order valence-electron chi connectivity index (χ2n) is 10.3. The molecule has 0 aromatic heterocycles. The summed E-state index contributed by atoms with van der Waals surface area (Å²) in [6, 6.07) is 22.5. The fourth-order valence-corrected chi connectivity index (χ4v) is 4.65. The standard InChI is InChI=1S/C33H43N3O3/c1-5-17-36(18-6-2)33(39)29-14-10-13-28(21-29)32(38)35-30(20-26-11-8-7-9-12-26)31(37)23-34-22-27-16-15-24(3)25(4)19-27/h7-16,19,21,30-31,34,37H,5-6,17-18,20,22-23H2,1-4H3,(H,35,38)/t30-,31+/m0/s1. The van der Waals surface area contributed by atoms with Crippen LogP contribution in [-0.4, -0.2) is 53.6 Å². The molecule has 0 bridgehead atoms. The quantitative estimate of drug-likeness (QED) is 0.273. The van der Waals surface area contributed by atoms with Gasteiger partial charge in [0, 0.05) is 37.3 Å². The molecule has 2 amide bonds. The highest BCUT2D eigenvalue weighted by Crippen LogP contribution is 2.13. The topological polar surface area (TPSA) is 81.7 Å². The fraction of sp³-hybridized carbons (Fsp3) is 0.394. The third kappa shape index (κ3) is 9.05. The van der Waals surface area contributed by atoms with Crippen LogP contribution in [0, 0.1) is 13.8 Å². The van der Waals surface area contributed by atoms with Crippen LogP contribution in [0.4, 0.5) is 0 Å². The first-order valence-corrected chi connectivity index (χ1v) is 14.0. The lowest BCUT2D eigenvalue weighted by Gasteiger charge is -2.25. The van der Waals surface area contributed by atoms with Gasteiger partial charge in [0.05, 0.1) is 12.1 Å². The first-order valence-electron chi connectivity index (χ1n) is 14.0. The summed E-state index contributed by atoms with van der Waals surface area (Å²) < 4.78 is 0. The van der Waals surface area contributed by atoms with Crippen LogP contribution in [-0.2, 0) is 13.0 Å². The first kappa shape index (κ1) is 30.1. The predicted molar refractivity (Wildman–Crippen MR) is 158 cm³/mol. The average molecular weight is 530 g/mol. The van der Waals surface area contributed by atoms with Gasteiger partial charge in [0.25, 0.3) is 11.8 Å². The monoisotopic (exact) mass is 529 g/mol. The molecule has 3 aromatic carbocycles. The van der Waals surface area contributed by atoms with Crippen LogP contribution in [0.5, 0.6) is 0 Å². The number of aryl methyl sites for hydroxylation is 2. The molecular weight excluding hydrogens is 486 g/mol. The van der Waals surface area contributed by atoms with Crippen LogP contribution >= 0.6 is 0 Å². The van der Waals surface area contributed by atoms with Crippen LogP contribution in [0.3, 0.4) is 0 Å². The van der Waals surface area contributed by atoms with E-state index in [0.717, 1.165) is 24.0 Å². The summed E-state index contributed by atoms with van der Waals surface area (Å²) in [5, 5.41) is 17.5. The highest BCUT2D eigenvalue weighted by Gasteiger charge is 2.23. The van der Waals surface area contributed by atoms with Gasteiger partial charge >= 0.3 is 0 Å². The number of amides is 2. The number of benzene rings is 3. The molecule has 0 unspecified atom stereocenters. The van der Waals surface area contributed by atoms with Crippen molar-refractivity contribution in [2.45, 2.75) is 65.6 Å². The largest absolute Gasteiger partial charge is 0.390 e. The van der Waals surface area contributed by atoms with E-state index in [-0.39, 0.29) is 11.8 Å². The number of aliphatic hydroxyl groups excluding tert-OH is 1. The lowest BCUT2D eigenvalue weighted by atomic mass is 10.00. The Hall–Kier alpha value is -3.48. The fourth-order valence-electron chi connectivity index (χ4n) is 4.65. The van der Waals surface area contributed by atoms with Crippen molar-refractivity contribution in [1.29, 1.82) is 0 Å². The van der Waals surface area contributed by atoms with Crippen molar-refractivity contribution in [1.82, 2.24) is 15.5 Å². The Bertz CT molecular complexity index is 1210. The number of carbonyl (C=O) groups is 2. The number of hydrogen-bond acceptors (Lipinski definition) is 4. The van der Waals surface area contributed by atoms with Crippen molar-refractivity contribution in [2.75, 3.05) is 19.6 Å². The van der Waals surface area contributed by atoms with E-state index in [0.29, 0.717) is 43.7 Å². The van der Waals surface area contributed by atoms with Crippen molar-refractivity contribution in [2.24, 2.45) is 0 Å². The molecule has 6 heteroatoms. The zero-order valence-electron chi connectivity index (χ0n) is 23.7. The van der Waals surface area contributed by atoms with Crippen LogP contribution in [0.25, 0.3) is 0 Å². The van der Waals surface area contributed by atoms with E-state index in [1.165, 1.54) is 11.1 Å². The lowest BCUT2D eigenvalue weighted by molar-refractivity contribution is 0.0755. The third-order valence-electron chi connectivity index (χ3n) is 6.98. The molecule has 6 nitrogen and oxygen atoms in total. The molecule has 0 radical (unpaired) electrons. The molecule has 0 saturated heterocycles. The Balaban J connectivity index is 1.71. The first-order chi connectivity index (χ1) is 18.8. The van der Waals surface area contributed by atoms with E-state index in [1.807, 2.05) is 35.2 Å². The smallest absolute Gasteiger partial charge is 0.253 e. The molecule has 0 aliphatic heterocycles. The van der Waals surface area contributed by atoms with Crippen LogP contribution < -0.4 is 10.6 Å². The maximum atomic E-state index is 13.3. The molecule has 3 N–H and O–H groups in total. The van der Waals surface area contributed by atoms with Crippen molar-refractivity contribution >= 4 is 11.8 Å². The Morgan fingerprint density at radius 1 is 0.821 bits per heavy atom. The highest BCUT2D eigenvalue weighted by atomic mass is 16.3. The van der Waals surface area contributed by atoms with Gasteiger partial charge in [-0.25, -0.2) is 0 Å². The molecule has 0 spiro atoms. The second kappa shape index (κ2) is 15.2. The minimum atomic E-state index is -0.810. The number of hydrogen-bond donors (Lipinski definition) is 3.